The summed E-state index contributed by atoms with van der Waals surface area (Å²) in [7, 11) is -4.30. The summed E-state index contributed by atoms with van der Waals surface area (Å²) in [6.07, 6.45) is 5.71. The molecular formula is C31H37N3O7S. The van der Waals surface area contributed by atoms with Gasteiger partial charge in [-0.05, 0) is 119 Å². The molecule has 0 unspecified atom stereocenters. The van der Waals surface area contributed by atoms with Crippen LogP contribution in [0.5, 0.6) is 0 Å². The van der Waals surface area contributed by atoms with Gasteiger partial charge in [-0.25, -0.2) is 14.3 Å². The number of anilines is 2. The van der Waals surface area contributed by atoms with Crippen molar-refractivity contribution in [3.63, 3.8) is 0 Å². The van der Waals surface area contributed by atoms with E-state index in [0.29, 0.717) is 11.4 Å². The van der Waals surface area contributed by atoms with Gasteiger partial charge in [-0.2, -0.15) is 8.42 Å². The average Bonchev–Trinajstić information content (AvgIpc) is 3.63. The van der Waals surface area contributed by atoms with E-state index in [2.05, 4.69) is 15.4 Å². The highest BCUT2D eigenvalue weighted by atomic mass is 32.2. The zero-order valence-corrected chi connectivity index (χ0v) is 25.3. The number of furan rings is 1. The van der Waals surface area contributed by atoms with Crippen LogP contribution >= 0.6 is 0 Å². The van der Waals surface area contributed by atoms with E-state index in [4.69, 9.17) is 9.15 Å². The third-order valence-corrected chi connectivity index (χ3v) is 8.67. The van der Waals surface area contributed by atoms with Gasteiger partial charge in [0.05, 0.1) is 11.9 Å². The molecule has 1 heterocycles. The minimum atomic E-state index is -4.30. The molecular weight excluding hydrogens is 558 g/mol. The second-order valence-electron chi connectivity index (χ2n) is 12.3. The Balaban J connectivity index is 1.40. The summed E-state index contributed by atoms with van der Waals surface area (Å²) >= 11 is 0. The molecule has 3 amide bonds. The summed E-state index contributed by atoms with van der Waals surface area (Å²) < 4.78 is 38.3. The number of sulfonamides is 1. The van der Waals surface area contributed by atoms with Crippen molar-refractivity contribution in [1.82, 2.24) is 4.72 Å². The first-order valence-electron chi connectivity index (χ1n) is 14.1. The van der Waals surface area contributed by atoms with Crippen molar-refractivity contribution >= 4 is 33.5 Å². The molecule has 224 valence electrons. The molecule has 0 saturated carbocycles. The SMILES string of the molecule is CC(C)(C)OC(=O)Nc1ccc(-c2c3c(c(NC(=O)NS(=O)(=O)c4cc(C(C)(C)O)co4)c4c2CCC4)CCC3)cc1. The van der Waals surface area contributed by atoms with Gasteiger partial charge in [-0.15, -0.1) is 0 Å². The lowest BCUT2D eigenvalue weighted by molar-refractivity contribution is 0.0635. The van der Waals surface area contributed by atoms with E-state index in [9.17, 15) is 23.1 Å². The quantitative estimate of drug-likeness (QED) is 0.273. The standard InChI is InChI=1S/C31H37N3O7S/c1-30(2,3)41-29(36)32-20-14-12-18(13-15-20)26-21-8-6-10-23(21)27(24-11-7-9-22(24)26)33-28(35)34-42(38,39)25-16-19(17-40-25)31(4,5)37/h12-17,37H,6-11H2,1-5H3,(H,32,36)(H2,33,34,35). The predicted octanol–water partition coefficient (Wildman–Crippen LogP) is 6.01. The van der Waals surface area contributed by atoms with Crippen LogP contribution in [0.2, 0.25) is 0 Å². The van der Waals surface area contributed by atoms with Crippen molar-refractivity contribution in [3.05, 3.63) is 64.4 Å². The molecule has 42 heavy (non-hydrogen) atoms. The lowest BCUT2D eigenvalue weighted by Crippen LogP contribution is -2.34. The molecule has 0 spiro atoms. The highest BCUT2D eigenvalue weighted by molar-refractivity contribution is 7.89. The largest absolute Gasteiger partial charge is 0.451 e. The molecule has 0 saturated heterocycles. The number of aliphatic hydroxyl groups is 1. The fourth-order valence-corrected chi connectivity index (χ4v) is 6.54. The Hall–Kier alpha value is -3.83. The molecule has 0 radical (unpaired) electrons. The van der Waals surface area contributed by atoms with E-state index in [1.54, 1.807) is 0 Å². The van der Waals surface area contributed by atoms with Crippen LogP contribution in [-0.4, -0.2) is 31.2 Å². The van der Waals surface area contributed by atoms with Crippen molar-refractivity contribution in [2.45, 2.75) is 89.4 Å². The van der Waals surface area contributed by atoms with Crippen LogP contribution in [0.1, 0.15) is 75.3 Å². The lowest BCUT2D eigenvalue weighted by Gasteiger charge is -2.21. The Labute approximate surface area is 245 Å². The monoisotopic (exact) mass is 595 g/mol. The summed E-state index contributed by atoms with van der Waals surface area (Å²) in [4.78, 5) is 25.2. The Morgan fingerprint density at radius 2 is 1.45 bits per heavy atom. The van der Waals surface area contributed by atoms with Crippen LogP contribution in [0, 0.1) is 0 Å². The minimum absolute atomic E-state index is 0.281. The van der Waals surface area contributed by atoms with Gasteiger partial charge < -0.3 is 19.6 Å². The van der Waals surface area contributed by atoms with Crippen LogP contribution in [0.3, 0.4) is 0 Å². The first-order valence-corrected chi connectivity index (χ1v) is 15.6. The normalized spacial score (nSPS) is 14.7. The second-order valence-corrected chi connectivity index (χ2v) is 14.0. The number of amides is 3. The van der Waals surface area contributed by atoms with E-state index in [-0.39, 0.29) is 5.56 Å². The van der Waals surface area contributed by atoms with Gasteiger partial charge in [-0.3, -0.25) is 5.32 Å². The molecule has 4 N–H and O–H groups in total. The van der Waals surface area contributed by atoms with Gasteiger partial charge in [-0.1, -0.05) is 12.1 Å². The number of rotatable bonds is 6. The van der Waals surface area contributed by atoms with E-state index in [0.717, 1.165) is 78.2 Å². The van der Waals surface area contributed by atoms with Crippen molar-refractivity contribution in [1.29, 1.82) is 0 Å². The fourth-order valence-electron chi connectivity index (χ4n) is 5.69. The zero-order chi connectivity index (χ0) is 30.4. The topological polar surface area (TPSA) is 147 Å². The third kappa shape index (κ3) is 6.17. The van der Waals surface area contributed by atoms with Crippen molar-refractivity contribution in [2.75, 3.05) is 10.6 Å². The number of hydrogen-bond acceptors (Lipinski definition) is 7. The van der Waals surface area contributed by atoms with Crippen LogP contribution in [0.15, 0.2) is 46.1 Å². The molecule has 5 rings (SSSR count). The maximum atomic E-state index is 13.0. The number of fused-ring (bicyclic) bond motifs is 2. The molecule has 1 aromatic heterocycles. The number of carbonyl (C=O) groups is 2. The molecule has 2 aromatic carbocycles. The second kappa shape index (κ2) is 10.8. The molecule has 0 aliphatic heterocycles. The molecule has 3 aromatic rings. The third-order valence-electron chi connectivity index (χ3n) is 7.47. The van der Waals surface area contributed by atoms with Crippen LogP contribution in [0.25, 0.3) is 11.1 Å². The predicted molar refractivity (Wildman–Crippen MR) is 159 cm³/mol. The van der Waals surface area contributed by atoms with Crippen LogP contribution in [-0.2, 0) is 46.0 Å². The molecule has 0 fully saturated rings. The van der Waals surface area contributed by atoms with Crippen molar-refractivity contribution < 1.29 is 32.3 Å². The van der Waals surface area contributed by atoms with Gasteiger partial charge in [0.25, 0.3) is 10.0 Å². The van der Waals surface area contributed by atoms with Gasteiger partial charge >= 0.3 is 12.1 Å². The van der Waals surface area contributed by atoms with Gasteiger partial charge in [0.15, 0.2) is 0 Å². The Morgan fingerprint density at radius 3 is 1.98 bits per heavy atom. The molecule has 2 aliphatic carbocycles. The summed E-state index contributed by atoms with van der Waals surface area (Å²) in [5.41, 5.74) is 6.25. The maximum Gasteiger partial charge on any atom is 0.412 e. The van der Waals surface area contributed by atoms with E-state index in [1.165, 1.54) is 19.9 Å². The molecule has 2 aliphatic rings. The highest BCUT2D eigenvalue weighted by Gasteiger charge is 2.32. The average molecular weight is 596 g/mol. The maximum absolute atomic E-state index is 13.0. The fraction of sp³-hybridized carbons (Fsp3) is 0.419. The zero-order valence-electron chi connectivity index (χ0n) is 24.5. The lowest BCUT2D eigenvalue weighted by atomic mass is 9.88. The first kappa shape index (κ1) is 29.7. The highest BCUT2D eigenvalue weighted by Crippen LogP contribution is 2.46. The van der Waals surface area contributed by atoms with Crippen LogP contribution in [0.4, 0.5) is 21.0 Å². The summed E-state index contributed by atoms with van der Waals surface area (Å²) in [5.74, 6) is 0. The molecule has 0 bridgehead atoms. The van der Waals surface area contributed by atoms with E-state index < -0.39 is 38.4 Å². The number of ether oxygens (including phenoxy) is 1. The summed E-state index contributed by atoms with van der Waals surface area (Å²) in [5, 5.41) is 15.3. The number of nitrogens with one attached hydrogen (secondary N) is 3. The molecule has 11 heteroatoms. The Morgan fingerprint density at radius 1 is 0.881 bits per heavy atom. The van der Waals surface area contributed by atoms with Gasteiger partial charge in [0, 0.05) is 23.0 Å². The number of hydrogen-bond donors (Lipinski definition) is 4. The first-order chi connectivity index (χ1) is 19.6. The molecule has 10 nitrogen and oxygen atoms in total. The number of carbonyl (C=O) groups excluding carboxylic acids is 2. The van der Waals surface area contributed by atoms with Crippen molar-refractivity contribution in [3.8, 4) is 11.1 Å². The minimum Gasteiger partial charge on any atom is -0.451 e. The Bertz CT molecular complexity index is 1610. The Kier molecular flexibility index (Phi) is 7.61. The van der Waals surface area contributed by atoms with Gasteiger partial charge in [0.1, 0.15) is 5.60 Å². The van der Waals surface area contributed by atoms with Crippen LogP contribution < -0.4 is 15.4 Å². The number of urea groups is 1. The van der Waals surface area contributed by atoms with Crippen molar-refractivity contribution in [2.24, 2.45) is 0 Å². The van der Waals surface area contributed by atoms with E-state index >= 15 is 0 Å². The summed E-state index contributed by atoms with van der Waals surface area (Å²) in [6, 6.07) is 8.00. The summed E-state index contributed by atoms with van der Waals surface area (Å²) in [6.45, 7) is 8.45. The smallest absolute Gasteiger partial charge is 0.412 e. The van der Waals surface area contributed by atoms with E-state index in [1.807, 2.05) is 45.0 Å². The molecule has 0 atom stereocenters. The number of benzene rings is 2. The van der Waals surface area contributed by atoms with Gasteiger partial charge in [0.2, 0.25) is 5.09 Å².